The number of benzene rings is 2. The van der Waals surface area contributed by atoms with Crippen LogP contribution in [-0.4, -0.2) is 38.9 Å². The summed E-state index contributed by atoms with van der Waals surface area (Å²) in [6, 6.07) is 10.5. The van der Waals surface area contributed by atoms with E-state index in [1.807, 2.05) is 0 Å². The fraction of sp³-hybridized carbons (Fsp3) is 0.350. The Kier molecular flexibility index (Phi) is 8.45. The summed E-state index contributed by atoms with van der Waals surface area (Å²) in [7, 11) is -3.76. The summed E-state index contributed by atoms with van der Waals surface area (Å²) in [5.41, 5.74) is 0.819. The van der Waals surface area contributed by atoms with Gasteiger partial charge in [0, 0.05) is 18.1 Å². The average molecular weight is 443 g/mol. The first-order chi connectivity index (χ1) is 13.7. The van der Waals surface area contributed by atoms with Crippen LogP contribution < -0.4 is 9.62 Å². The number of anilines is 1. The highest BCUT2D eigenvalue weighted by atomic mass is 32.2. The standard InChI is InChI=1S/C20H24F2N2O3S2/c1-3-19(24(29(2,26)27)17-10-8-16(21)9-11-17)20(25)23-12-13-28-14-15-6-4-5-7-18(15)22/h4-11,19H,3,12-14H2,1-2H3,(H,23,25). The maximum atomic E-state index is 13.6. The molecule has 0 fully saturated rings. The topological polar surface area (TPSA) is 66.5 Å². The average Bonchev–Trinajstić information content (AvgIpc) is 2.67. The normalized spacial score (nSPS) is 12.4. The first kappa shape index (κ1) is 23.2. The van der Waals surface area contributed by atoms with Crippen LogP contribution in [0.5, 0.6) is 0 Å². The number of hydrogen-bond donors (Lipinski definition) is 1. The summed E-state index contributed by atoms with van der Waals surface area (Å²) in [4.78, 5) is 12.6. The number of carbonyl (C=O) groups excluding carboxylic acids is 1. The van der Waals surface area contributed by atoms with Gasteiger partial charge in [-0.15, -0.1) is 0 Å². The number of nitrogens with one attached hydrogen (secondary N) is 1. The van der Waals surface area contributed by atoms with E-state index >= 15 is 0 Å². The number of nitrogens with zero attached hydrogens (tertiary/aromatic N) is 1. The third-order valence-electron chi connectivity index (χ3n) is 4.17. The van der Waals surface area contributed by atoms with Gasteiger partial charge in [-0.25, -0.2) is 17.2 Å². The van der Waals surface area contributed by atoms with Crippen molar-refractivity contribution in [3.63, 3.8) is 0 Å². The molecule has 2 aromatic carbocycles. The Bertz CT molecular complexity index is 922. The SMILES string of the molecule is CCC(C(=O)NCCSCc1ccccc1F)N(c1ccc(F)cc1)S(C)(=O)=O. The van der Waals surface area contributed by atoms with E-state index in [0.29, 0.717) is 23.6 Å². The molecule has 0 spiro atoms. The minimum absolute atomic E-state index is 0.227. The fourth-order valence-electron chi connectivity index (χ4n) is 2.81. The minimum Gasteiger partial charge on any atom is -0.353 e. The molecule has 0 saturated carbocycles. The van der Waals surface area contributed by atoms with E-state index in [9.17, 15) is 22.0 Å². The Labute approximate surface area is 174 Å². The molecule has 5 nitrogen and oxygen atoms in total. The number of carbonyl (C=O) groups is 1. The van der Waals surface area contributed by atoms with Gasteiger partial charge < -0.3 is 5.32 Å². The predicted octanol–water partition coefficient (Wildman–Crippen LogP) is 3.56. The van der Waals surface area contributed by atoms with E-state index in [1.165, 1.54) is 30.0 Å². The molecule has 2 rings (SSSR count). The number of sulfonamides is 1. The maximum Gasteiger partial charge on any atom is 0.243 e. The van der Waals surface area contributed by atoms with Crippen molar-refractivity contribution in [1.29, 1.82) is 0 Å². The van der Waals surface area contributed by atoms with Gasteiger partial charge in [-0.3, -0.25) is 9.10 Å². The highest BCUT2D eigenvalue weighted by molar-refractivity contribution is 7.98. The molecule has 0 aliphatic carbocycles. The van der Waals surface area contributed by atoms with Crippen LogP contribution in [-0.2, 0) is 20.6 Å². The third-order valence-corrected chi connectivity index (χ3v) is 6.36. The first-order valence-corrected chi connectivity index (χ1v) is 12.1. The van der Waals surface area contributed by atoms with Crippen molar-refractivity contribution < 1.29 is 22.0 Å². The summed E-state index contributed by atoms with van der Waals surface area (Å²) in [6.45, 7) is 2.02. The van der Waals surface area contributed by atoms with Crippen LogP contribution in [0.15, 0.2) is 48.5 Å². The van der Waals surface area contributed by atoms with Gasteiger partial charge in [0.05, 0.1) is 11.9 Å². The fourth-order valence-corrected chi connectivity index (χ4v) is 4.87. The largest absolute Gasteiger partial charge is 0.353 e. The zero-order chi connectivity index (χ0) is 21.4. The van der Waals surface area contributed by atoms with Crippen LogP contribution in [0.3, 0.4) is 0 Å². The van der Waals surface area contributed by atoms with Crippen molar-refractivity contribution in [3.05, 3.63) is 65.7 Å². The smallest absolute Gasteiger partial charge is 0.243 e. The molecule has 0 aliphatic rings. The lowest BCUT2D eigenvalue weighted by Crippen LogP contribution is -2.49. The Hall–Kier alpha value is -2.13. The van der Waals surface area contributed by atoms with Gasteiger partial charge in [0.2, 0.25) is 15.9 Å². The second-order valence-electron chi connectivity index (χ2n) is 6.39. The van der Waals surface area contributed by atoms with Crippen molar-refractivity contribution in [1.82, 2.24) is 5.32 Å². The minimum atomic E-state index is -3.76. The lowest BCUT2D eigenvalue weighted by atomic mass is 10.2. The van der Waals surface area contributed by atoms with Crippen LogP contribution >= 0.6 is 11.8 Å². The molecule has 0 saturated heterocycles. The quantitative estimate of drug-likeness (QED) is 0.572. The van der Waals surface area contributed by atoms with Gasteiger partial charge in [0.25, 0.3) is 0 Å². The Morgan fingerprint density at radius 1 is 1.14 bits per heavy atom. The second kappa shape index (κ2) is 10.6. The van der Waals surface area contributed by atoms with Gasteiger partial charge >= 0.3 is 0 Å². The molecule has 1 unspecified atom stereocenters. The monoisotopic (exact) mass is 442 g/mol. The third kappa shape index (κ3) is 6.71. The van der Waals surface area contributed by atoms with Gasteiger partial charge in [0.15, 0.2) is 0 Å². The lowest BCUT2D eigenvalue weighted by Gasteiger charge is -2.30. The Balaban J connectivity index is 1.97. The first-order valence-electron chi connectivity index (χ1n) is 9.08. The van der Waals surface area contributed by atoms with E-state index in [0.717, 1.165) is 22.7 Å². The molecule has 29 heavy (non-hydrogen) atoms. The molecule has 0 radical (unpaired) electrons. The molecule has 0 bridgehead atoms. The van der Waals surface area contributed by atoms with Crippen LogP contribution in [0.4, 0.5) is 14.5 Å². The highest BCUT2D eigenvalue weighted by Gasteiger charge is 2.31. The second-order valence-corrected chi connectivity index (χ2v) is 9.36. The summed E-state index contributed by atoms with van der Waals surface area (Å²) in [6.07, 6.45) is 1.26. The van der Waals surface area contributed by atoms with E-state index in [-0.39, 0.29) is 17.9 Å². The number of halogens is 2. The zero-order valence-corrected chi connectivity index (χ0v) is 17.9. The van der Waals surface area contributed by atoms with E-state index in [4.69, 9.17) is 0 Å². The molecule has 1 atom stereocenters. The van der Waals surface area contributed by atoms with Crippen LogP contribution in [0.2, 0.25) is 0 Å². The molecule has 158 valence electrons. The van der Waals surface area contributed by atoms with Crippen LogP contribution in [0.1, 0.15) is 18.9 Å². The molecule has 2 aromatic rings. The van der Waals surface area contributed by atoms with Crippen molar-refractivity contribution in [2.75, 3.05) is 22.9 Å². The van der Waals surface area contributed by atoms with Crippen molar-refractivity contribution >= 4 is 33.4 Å². The number of hydrogen-bond acceptors (Lipinski definition) is 4. The Morgan fingerprint density at radius 3 is 2.38 bits per heavy atom. The maximum absolute atomic E-state index is 13.6. The molecule has 0 aromatic heterocycles. The number of rotatable bonds is 10. The van der Waals surface area contributed by atoms with Gasteiger partial charge in [0.1, 0.15) is 17.7 Å². The summed E-state index contributed by atoms with van der Waals surface area (Å²) < 4.78 is 52.4. The van der Waals surface area contributed by atoms with Crippen LogP contribution in [0.25, 0.3) is 0 Å². The van der Waals surface area contributed by atoms with Gasteiger partial charge in [-0.05, 0) is 42.3 Å². The Morgan fingerprint density at radius 2 is 1.79 bits per heavy atom. The highest BCUT2D eigenvalue weighted by Crippen LogP contribution is 2.23. The van der Waals surface area contributed by atoms with Gasteiger partial charge in [-0.1, -0.05) is 25.1 Å². The molecule has 1 amide bonds. The van der Waals surface area contributed by atoms with E-state index in [2.05, 4.69) is 5.32 Å². The predicted molar refractivity (Wildman–Crippen MR) is 113 cm³/mol. The zero-order valence-electron chi connectivity index (χ0n) is 16.3. The van der Waals surface area contributed by atoms with Crippen LogP contribution in [0, 0.1) is 11.6 Å². The summed E-state index contributed by atoms with van der Waals surface area (Å²) in [5.74, 6) is -0.171. The molecular formula is C20H24F2N2O3S2. The van der Waals surface area contributed by atoms with Crippen molar-refractivity contribution in [3.8, 4) is 0 Å². The van der Waals surface area contributed by atoms with Crippen molar-refractivity contribution in [2.45, 2.75) is 25.1 Å². The summed E-state index contributed by atoms with van der Waals surface area (Å²) >= 11 is 1.47. The number of thioether (sulfide) groups is 1. The van der Waals surface area contributed by atoms with Crippen molar-refractivity contribution in [2.24, 2.45) is 0 Å². The molecular weight excluding hydrogens is 418 g/mol. The molecule has 0 heterocycles. The molecule has 0 aliphatic heterocycles. The molecule has 1 N–H and O–H groups in total. The number of amides is 1. The van der Waals surface area contributed by atoms with Gasteiger partial charge in [-0.2, -0.15) is 11.8 Å². The van der Waals surface area contributed by atoms with E-state index < -0.39 is 27.8 Å². The lowest BCUT2D eigenvalue weighted by molar-refractivity contribution is -0.122. The van der Waals surface area contributed by atoms with E-state index in [1.54, 1.807) is 25.1 Å². The summed E-state index contributed by atoms with van der Waals surface area (Å²) in [5, 5.41) is 2.73. The molecule has 9 heteroatoms.